The van der Waals surface area contributed by atoms with E-state index in [9.17, 15) is 0 Å². The average Bonchev–Trinajstić information content (AvgIpc) is 2.88. The number of hydrogen-bond donors (Lipinski definition) is 3. The lowest BCUT2D eigenvalue weighted by atomic mass is 10.4. The summed E-state index contributed by atoms with van der Waals surface area (Å²) in [4.78, 5) is 0. The molecule has 0 spiro atoms. The van der Waals surface area contributed by atoms with E-state index >= 15 is 0 Å². The third-order valence-electron chi connectivity index (χ3n) is 2.21. The Hall–Kier alpha value is -1.30. The Balaban J connectivity index is 1.82. The Labute approximate surface area is 76.3 Å². The Morgan fingerprint density at radius 3 is 2.77 bits per heavy atom. The fraction of sp³-hybridized carbons (Fsp3) is 0.714. The average molecular weight is 182 g/mol. The summed E-state index contributed by atoms with van der Waals surface area (Å²) in [5.41, 5.74) is 5.42. The Morgan fingerprint density at radius 2 is 2.23 bits per heavy atom. The monoisotopic (exact) mass is 182 g/mol. The van der Waals surface area contributed by atoms with Crippen LogP contribution in [0.1, 0.15) is 18.7 Å². The van der Waals surface area contributed by atoms with Crippen molar-refractivity contribution in [3.8, 4) is 0 Å². The SMILES string of the molecule is Nc1nnc(CNCC2CC2)n1N. The highest BCUT2D eigenvalue weighted by molar-refractivity contribution is 5.16. The maximum atomic E-state index is 5.56. The van der Waals surface area contributed by atoms with Crippen molar-refractivity contribution in [1.29, 1.82) is 0 Å². The number of nitrogen functional groups attached to an aromatic ring is 2. The molecule has 0 bridgehead atoms. The second kappa shape index (κ2) is 3.21. The molecule has 0 aromatic carbocycles. The van der Waals surface area contributed by atoms with Gasteiger partial charge in [0.25, 0.3) is 0 Å². The summed E-state index contributed by atoms with van der Waals surface area (Å²) < 4.78 is 1.31. The van der Waals surface area contributed by atoms with Gasteiger partial charge in [0.2, 0.25) is 5.95 Å². The minimum absolute atomic E-state index is 0.253. The van der Waals surface area contributed by atoms with Gasteiger partial charge in [-0.05, 0) is 25.3 Å². The molecule has 72 valence electrons. The van der Waals surface area contributed by atoms with E-state index in [0.29, 0.717) is 12.4 Å². The van der Waals surface area contributed by atoms with Crippen molar-refractivity contribution in [3.63, 3.8) is 0 Å². The standard InChI is InChI=1S/C7H14N6/c8-7-12-11-6(13(7)9)4-10-3-5-1-2-5/h5,10H,1-4,9H2,(H2,8,12). The molecule has 1 heterocycles. The predicted octanol–water partition coefficient (Wildman–Crippen LogP) is -0.926. The fourth-order valence-electron chi connectivity index (χ4n) is 1.17. The molecule has 1 aliphatic rings. The zero-order valence-electron chi connectivity index (χ0n) is 7.40. The van der Waals surface area contributed by atoms with Crippen molar-refractivity contribution < 1.29 is 0 Å². The zero-order chi connectivity index (χ0) is 9.26. The van der Waals surface area contributed by atoms with E-state index in [4.69, 9.17) is 11.6 Å². The second-order valence-corrected chi connectivity index (χ2v) is 3.42. The molecule has 0 atom stereocenters. The topological polar surface area (TPSA) is 94.8 Å². The van der Waals surface area contributed by atoms with Crippen LogP contribution in [-0.4, -0.2) is 21.4 Å². The Bertz CT molecular complexity index is 289. The van der Waals surface area contributed by atoms with E-state index in [-0.39, 0.29) is 5.95 Å². The molecular formula is C7H14N6. The highest BCUT2D eigenvalue weighted by Crippen LogP contribution is 2.27. The number of aromatic nitrogens is 3. The molecule has 0 saturated heterocycles. The first-order valence-electron chi connectivity index (χ1n) is 4.43. The maximum Gasteiger partial charge on any atom is 0.240 e. The quantitative estimate of drug-likeness (QED) is 0.523. The first-order chi connectivity index (χ1) is 6.27. The molecule has 6 heteroatoms. The lowest BCUT2D eigenvalue weighted by Gasteiger charge is -2.02. The number of rotatable bonds is 4. The first kappa shape index (κ1) is 8.31. The lowest BCUT2D eigenvalue weighted by Crippen LogP contribution is -2.23. The van der Waals surface area contributed by atoms with E-state index in [1.54, 1.807) is 0 Å². The summed E-state index contributed by atoms with van der Waals surface area (Å²) in [7, 11) is 0. The fourth-order valence-corrected chi connectivity index (χ4v) is 1.17. The summed E-state index contributed by atoms with van der Waals surface area (Å²) in [6.07, 6.45) is 2.68. The molecule has 0 amide bonds. The van der Waals surface area contributed by atoms with Crippen molar-refractivity contribution in [3.05, 3.63) is 5.82 Å². The normalized spacial score (nSPS) is 16.3. The molecule has 1 fully saturated rings. The van der Waals surface area contributed by atoms with Gasteiger partial charge in [-0.25, -0.2) is 4.68 Å². The van der Waals surface area contributed by atoms with Crippen LogP contribution in [0.4, 0.5) is 5.95 Å². The van der Waals surface area contributed by atoms with Crippen molar-refractivity contribution in [1.82, 2.24) is 20.2 Å². The van der Waals surface area contributed by atoms with Crippen molar-refractivity contribution in [2.45, 2.75) is 19.4 Å². The minimum atomic E-state index is 0.253. The molecule has 1 aliphatic carbocycles. The molecule has 5 N–H and O–H groups in total. The number of hydrogen-bond acceptors (Lipinski definition) is 5. The summed E-state index contributed by atoms with van der Waals surface area (Å²) in [6, 6.07) is 0. The highest BCUT2D eigenvalue weighted by Gasteiger charge is 2.20. The van der Waals surface area contributed by atoms with Crippen LogP contribution in [0, 0.1) is 5.92 Å². The molecule has 0 unspecified atom stereocenters. The van der Waals surface area contributed by atoms with Gasteiger partial charge in [0, 0.05) is 0 Å². The zero-order valence-corrected chi connectivity index (χ0v) is 7.40. The Morgan fingerprint density at radius 1 is 1.46 bits per heavy atom. The van der Waals surface area contributed by atoms with Gasteiger partial charge < -0.3 is 16.9 Å². The van der Waals surface area contributed by atoms with Gasteiger partial charge in [0.1, 0.15) is 0 Å². The van der Waals surface area contributed by atoms with Crippen molar-refractivity contribution in [2.75, 3.05) is 18.1 Å². The van der Waals surface area contributed by atoms with E-state index in [0.717, 1.165) is 12.5 Å². The third kappa shape index (κ3) is 1.89. The number of nitrogens with zero attached hydrogens (tertiary/aromatic N) is 3. The molecule has 0 radical (unpaired) electrons. The summed E-state index contributed by atoms with van der Waals surface area (Å²) >= 11 is 0. The van der Waals surface area contributed by atoms with Gasteiger partial charge in [-0.2, -0.15) is 0 Å². The van der Waals surface area contributed by atoms with Crippen LogP contribution in [0.2, 0.25) is 0 Å². The van der Waals surface area contributed by atoms with Crippen LogP contribution >= 0.6 is 0 Å². The van der Waals surface area contributed by atoms with Crippen molar-refractivity contribution in [2.24, 2.45) is 5.92 Å². The third-order valence-corrected chi connectivity index (χ3v) is 2.21. The van der Waals surface area contributed by atoms with Crippen LogP contribution in [0.25, 0.3) is 0 Å². The Kier molecular flexibility index (Phi) is 2.05. The smallest absolute Gasteiger partial charge is 0.240 e. The maximum absolute atomic E-state index is 5.56. The summed E-state index contributed by atoms with van der Waals surface area (Å²) in [5, 5.41) is 10.7. The molecule has 2 rings (SSSR count). The van der Waals surface area contributed by atoms with Crippen LogP contribution in [0.15, 0.2) is 0 Å². The summed E-state index contributed by atoms with van der Waals surface area (Å²) in [6.45, 7) is 1.67. The van der Waals surface area contributed by atoms with Gasteiger partial charge in [0.05, 0.1) is 6.54 Å². The van der Waals surface area contributed by atoms with Crippen molar-refractivity contribution >= 4 is 5.95 Å². The van der Waals surface area contributed by atoms with E-state index in [2.05, 4.69) is 15.5 Å². The van der Waals surface area contributed by atoms with E-state index in [1.807, 2.05) is 0 Å². The molecule has 1 aromatic heterocycles. The van der Waals surface area contributed by atoms with E-state index < -0.39 is 0 Å². The van der Waals surface area contributed by atoms with Gasteiger partial charge in [-0.3, -0.25) is 0 Å². The molecular weight excluding hydrogens is 168 g/mol. The summed E-state index contributed by atoms with van der Waals surface area (Å²) in [5.74, 6) is 7.35. The van der Waals surface area contributed by atoms with Gasteiger partial charge in [-0.15, -0.1) is 10.2 Å². The molecule has 1 aromatic rings. The minimum Gasteiger partial charge on any atom is -0.366 e. The molecule has 0 aliphatic heterocycles. The molecule has 13 heavy (non-hydrogen) atoms. The number of nitrogens with one attached hydrogen (secondary N) is 1. The molecule has 1 saturated carbocycles. The van der Waals surface area contributed by atoms with Crippen LogP contribution in [0.5, 0.6) is 0 Å². The number of nitrogens with two attached hydrogens (primary N) is 2. The van der Waals surface area contributed by atoms with E-state index in [1.165, 1.54) is 17.5 Å². The second-order valence-electron chi connectivity index (χ2n) is 3.42. The van der Waals surface area contributed by atoms with Crippen LogP contribution in [0.3, 0.4) is 0 Å². The first-order valence-corrected chi connectivity index (χ1v) is 4.43. The highest BCUT2D eigenvalue weighted by atomic mass is 15.4. The largest absolute Gasteiger partial charge is 0.366 e. The van der Waals surface area contributed by atoms with Crippen LogP contribution < -0.4 is 16.9 Å². The van der Waals surface area contributed by atoms with Gasteiger partial charge in [-0.1, -0.05) is 0 Å². The number of anilines is 1. The lowest BCUT2D eigenvalue weighted by molar-refractivity contribution is 0.609. The van der Waals surface area contributed by atoms with Gasteiger partial charge >= 0.3 is 0 Å². The van der Waals surface area contributed by atoms with Crippen LogP contribution in [-0.2, 0) is 6.54 Å². The molecule has 6 nitrogen and oxygen atoms in total. The van der Waals surface area contributed by atoms with Gasteiger partial charge in [0.15, 0.2) is 5.82 Å². The predicted molar refractivity (Wildman–Crippen MR) is 49.0 cm³/mol.